The van der Waals surface area contributed by atoms with Gasteiger partial charge < -0.3 is 4.90 Å². The Morgan fingerprint density at radius 1 is 1.16 bits per heavy atom. The highest BCUT2D eigenvalue weighted by Gasteiger charge is 2.35. The van der Waals surface area contributed by atoms with Gasteiger partial charge in [-0.25, -0.2) is 0 Å². The fourth-order valence-electron chi connectivity index (χ4n) is 1.82. The Labute approximate surface area is 111 Å². The van der Waals surface area contributed by atoms with Crippen LogP contribution in [-0.4, -0.2) is 48.0 Å². The second-order valence-electron chi connectivity index (χ2n) is 4.49. The van der Waals surface area contributed by atoms with Crippen LogP contribution in [0, 0.1) is 0 Å². The summed E-state index contributed by atoms with van der Waals surface area (Å²) in [6, 6.07) is 6.58. The van der Waals surface area contributed by atoms with Gasteiger partial charge in [0.2, 0.25) is 0 Å². The van der Waals surface area contributed by atoms with Crippen molar-refractivity contribution in [2.24, 2.45) is 0 Å². The summed E-state index contributed by atoms with van der Waals surface area (Å²) in [5.41, 5.74) is 0.716. The molecular formula is C14H14N2O3. The molecule has 0 saturated carbocycles. The van der Waals surface area contributed by atoms with Gasteiger partial charge in [-0.05, 0) is 18.2 Å². The van der Waals surface area contributed by atoms with Gasteiger partial charge in [0.25, 0.3) is 11.8 Å². The number of fused-ring (bicyclic) bond motifs is 1. The molecule has 0 bridgehead atoms. The van der Waals surface area contributed by atoms with Crippen LogP contribution in [0.15, 0.2) is 36.5 Å². The van der Waals surface area contributed by atoms with E-state index in [4.69, 9.17) is 0 Å². The van der Waals surface area contributed by atoms with Crippen LogP contribution in [-0.2, 0) is 4.79 Å². The van der Waals surface area contributed by atoms with Crippen molar-refractivity contribution < 1.29 is 14.4 Å². The molecule has 0 N–H and O–H groups in total. The van der Waals surface area contributed by atoms with Crippen molar-refractivity contribution in [3.63, 3.8) is 0 Å². The Bertz CT molecular complexity index is 541. The second kappa shape index (κ2) is 5.06. The van der Waals surface area contributed by atoms with Gasteiger partial charge in [0.1, 0.15) is 0 Å². The molecule has 0 saturated heterocycles. The van der Waals surface area contributed by atoms with Gasteiger partial charge in [0.15, 0.2) is 5.78 Å². The van der Waals surface area contributed by atoms with E-state index in [1.165, 1.54) is 6.08 Å². The standard InChI is InChI=1S/C14H14N2O3/c1-15(2)8-7-10(17)9-16-13(18)11-5-3-4-6-12(11)14(16)19/h3-8H,9H2,1-2H3. The van der Waals surface area contributed by atoms with E-state index >= 15 is 0 Å². The number of hydrogen-bond acceptors (Lipinski definition) is 4. The molecule has 0 aromatic heterocycles. The van der Waals surface area contributed by atoms with Crippen LogP contribution in [0.4, 0.5) is 0 Å². The van der Waals surface area contributed by atoms with Crippen LogP contribution in [0.5, 0.6) is 0 Å². The molecule has 5 nitrogen and oxygen atoms in total. The first-order valence-corrected chi connectivity index (χ1v) is 5.83. The molecule has 2 rings (SSSR count). The van der Waals surface area contributed by atoms with Crippen molar-refractivity contribution in [2.75, 3.05) is 20.6 Å². The highest BCUT2D eigenvalue weighted by molar-refractivity contribution is 6.22. The van der Waals surface area contributed by atoms with Crippen LogP contribution in [0.2, 0.25) is 0 Å². The third-order valence-corrected chi connectivity index (χ3v) is 2.75. The number of hydrogen-bond donors (Lipinski definition) is 0. The Morgan fingerprint density at radius 2 is 1.68 bits per heavy atom. The molecule has 1 aromatic rings. The number of nitrogens with zero attached hydrogens (tertiary/aromatic N) is 2. The quantitative estimate of drug-likeness (QED) is 0.595. The number of carbonyl (C=O) groups excluding carboxylic acids is 3. The van der Waals surface area contributed by atoms with Crippen molar-refractivity contribution >= 4 is 17.6 Å². The fraction of sp³-hybridized carbons (Fsp3) is 0.214. The lowest BCUT2D eigenvalue weighted by Crippen LogP contribution is -2.34. The predicted octanol–water partition coefficient (Wildman–Crippen LogP) is 0.927. The Morgan fingerprint density at radius 3 is 2.16 bits per heavy atom. The summed E-state index contributed by atoms with van der Waals surface area (Å²) in [6.45, 7) is -0.226. The Kier molecular flexibility index (Phi) is 3.46. The van der Waals surface area contributed by atoms with Crippen molar-refractivity contribution in [2.45, 2.75) is 0 Å². The summed E-state index contributed by atoms with van der Waals surface area (Å²) in [4.78, 5) is 38.4. The van der Waals surface area contributed by atoms with Crippen LogP contribution in [0.1, 0.15) is 20.7 Å². The van der Waals surface area contributed by atoms with E-state index in [2.05, 4.69) is 0 Å². The van der Waals surface area contributed by atoms with Crippen LogP contribution >= 0.6 is 0 Å². The van der Waals surface area contributed by atoms with Crippen molar-refractivity contribution in [3.8, 4) is 0 Å². The highest BCUT2D eigenvalue weighted by atomic mass is 16.2. The van der Waals surface area contributed by atoms with E-state index in [9.17, 15) is 14.4 Å². The summed E-state index contributed by atoms with van der Waals surface area (Å²) >= 11 is 0. The first-order chi connectivity index (χ1) is 9.00. The number of carbonyl (C=O) groups is 3. The number of benzene rings is 1. The smallest absolute Gasteiger partial charge is 0.261 e. The molecule has 1 aliphatic heterocycles. The van der Waals surface area contributed by atoms with E-state index in [1.54, 1.807) is 49.5 Å². The molecule has 5 heteroatoms. The summed E-state index contributed by atoms with van der Waals surface area (Å²) in [7, 11) is 3.57. The monoisotopic (exact) mass is 258 g/mol. The minimum atomic E-state index is -0.410. The van der Waals surface area contributed by atoms with Gasteiger partial charge in [-0.1, -0.05) is 12.1 Å². The summed E-state index contributed by atoms with van der Waals surface area (Å²) < 4.78 is 0. The zero-order valence-corrected chi connectivity index (χ0v) is 10.8. The molecule has 0 radical (unpaired) electrons. The first-order valence-electron chi connectivity index (χ1n) is 5.83. The lowest BCUT2D eigenvalue weighted by atomic mass is 10.1. The van der Waals surface area contributed by atoms with E-state index in [0.29, 0.717) is 11.1 Å². The molecule has 98 valence electrons. The van der Waals surface area contributed by atoms with Crippen LogP contribution in [0.3, 0.4) is 0 Å². The lowest BCUT2D eigenvalue weighted by Gasteiger charge is -2.11. The molecule has 1 aromatic carbocycles. The molecule has 19 heavy (non-hydrogen) atoms. The minimum absolute atomic E-state index is 0.226. The molecule has 1 heterocycles. The van der Waals surface area contributed by atoms with Gasteiger partial charge in [-0.2, -0.15) is 0 Å². The van der Waals surface area contributed by atoms with Crippen LogP contribution in [0.25, 0.3) is 0 Å². The average Bonchev–Trinajstić information content (AvgIpc) is 2.62. The number of rotatable bonds is 4. The number of ketones is 1. The third-order valence-electron chi connectivity index (χ3n) is 2.75. The molecular weight excluding hydrogens is 244 g/mol. The maximum atomic E-state index is 12.0. The Balaban J connectivity index is 2.15. The van der Waals surface area contributed by atoms with Gasteiger partial charge >= 0.3 is 0 Å². The van der Waals surface area contributed by atoms with E-state index in [-0.39, 0.29) is 12.3 Å². The summed E-state index contributed by atoms with van der Waals surface area (Å²) in [5.74, 6) is -1.11. The molecule has 0 spiro atoms. The van der Waals surface area contributed by atoms with E-state index in [0.717, 1.165) is 4.90 Å². The molecule has 1 aliphatic rings. The van der Waals surface area contributed by atoms with E-state index < -0.39 is 11.8 Å². The fourth-order valence-corrected chi connectivity index (χ4v) is 1.82. The van der Waals surface area contributed by atoms with E-state index in [1.807, 2.05) is 0 Å². The van der Waals surface area contributed by atoms with Gasteiger partial charge in [-0.3, -0.25) is 19.3 Å². The average molecular weight is 258 g/mol. The van der Waals surface area contributed by atoms with Crippen LogP contribution < -0.4 is 0 Å². The minimum Gasteiger partial charge on any atom is -0.383 e. The molecule has 2 amide bonds. The molecule has 0 aliphatic carbocycles. The second-order valence-corrected chi connectivity index (χ2v) is 4.49. The maximum Gasteiger partial charge on any atom is 0.261 e. The number of amides is 2. The van der Waals surface area contributed by atoms with Gasteiger partial charge in [0, 0.05) is 20.3 Å². The normalized spacial score (nSPS) is 14.1. The maximum absolute atomic E-state index is 12.0. The highest BCUT2D eigenvalue weighted by Crippen LogP contribution is 2.21. The van der Waals surface area contributed by atoms with Gasteiger partial charge in [0.05, 0.1) is 17.7 Å². The zero-order chi connectivity index (χ0) is 14.0. The molecule has 0 fully saturated rings. The predicted molar refractivity (Wildman–Crippen MR) is 69.6 cm³/mol. The van der Waals surface area contributed by atoms with Crippen molar-refractivity contribution in [1.29, 1.82) is 0 Å². The Hall–Kier alpha value is -2.43. The topological polar surface area (TPSA) is 57.7 Å². The van der Waals surface area contributed by atoms with Crippen molar-refractivity contribution in [3.05, 3.63) is 47.7 Å². The molecule has 0 unspecified atom stereocenters. The summed E-state index contributed by atoms with van der Waals surface area (Å²) in [6.07, 6.45) is 2.93. The summed E-state index contributed by atoms with van der Waals surface area (Å²) in [5, 5.41) is 0. The molecule has 0 atom stereocenters. The third kappa shape index (κ3) is 2.54. The first kappa shape index (κ1) is 13.0. The largest absolute Gasteiger partial charge is 0.383 e. The zero-order valence-electron chi connectivity index (χ0n) is 10.8. The van der Waals surface area contributed by atoms with Crippen molar-refractivity contribution in [1.82, 2.24) is 9.80 Å². The number of imide groups is 1. The SMILES string of the molecule is CN(C)C=CC(=O)CN1C(=O)c2ccccc2C1=O. The van der Waals surface area contributed by atoms with Gasteiger partial charge in [-0.15, -0.1) is 0 Å². The lowest BCUT2D eigenvalue weighted by molar-refractivity contribution is -0.115.